The highest BCUT2D eigenvalue weighted by Gasteiger charge is 2.38. The van der Waals surface area contributed by atoms with E-state index in [9.17, 15) is 17.6 Å². The van der Waals surface area contributed by atoms with Crippen LogP contribution in [0.1, 0.15) is 33.0 Å². The number of hydrogen-bond donors (Lipinski definition) is 0. The topological polar surface area (TPSA) is 54.5 Å². The summed E-state index contributed by atoms with van der Waals surface area (Å²) >= 11 is 0. The molecule has 29 heavy (non-hydrogen) atoms. The van der Waals surface area contributed by atoms with Crippen LogP contribution in [0, 0.1) is 12.7 Å². The van der Waals surface area contributed by atoms with Crippen LogP contribution in [-0.4, -0.2) is 21.2 Å². The van der Waals surface area contributed by atoms with Gasteiger partial charge in [-0.3, -0.25) is 9.10 Å². The van der Waals surface area contributed by atoms with Crippen LogP contribution in [-0.2, 0) is 16.4 Å². The standard InChI is InChI=1S/C23H20FNO3S/c1-16-7-9-21(10-8-16)29(27,28)25-14-18(11-17-5-3-2-4-6-17)23-19(15-26)12-20(24)13-22(23)25/h2-10,12-13,15,18H,11,14H2,1H3. The Bertz CT molecular complexity index is 1160. The second-order valence-electron chi connectivity index (χ2n) is 7.28. The van der Waals surface area contributed by atoms with Gasteiger partial charge < -0.3 is 0 Å². The number of aldehydes is 1. The Morgan fingerprint density at radius 1 is 1.07 bits per heavy atom. The summed E-state index contributed by atoms with van der Waals surface area (Å²) < 4.78 is 42.1. The minimum Gasteiger partial charge on any atom is -0.298 e. The zero-order valence-corrected chi connectivity index (χ0v) is 16.7. The first-order valence-electron chi connectivity index (χ1n) is 9.32. The van der Waals surface area contributed by atoms with Crippen molar-refractivity contribution >= 4 is 22.0 Å². The fourth-order valence-corrected chi connectivity index (χ4v) is 5.41. The van der Waals surface area contributed by atoms with Gasteiger partial charge in [0.1, 0.15) is 5.82 Å². The van der Waals surface area contributed by atoms with Crippen LogP contribution in [0.5, 0.6) is 0 Å². The highest BCUT2D eigenvalue weighted by atomic mass is 32.2. The Kier molecular flexibility index (Phi) is 4.96. The molecule has 0 saturated carbocycles. The van der Waals surface area contributed by atoms with E-state index in [1.54, 1.807) is 24.3 Å². The lowest BCUT2D eigenvalue weighted by Gasteiger charge is -2.20. The van der Waals surface area contributed by atoms with Crippen LogP contribution in [0.2, 0.25) is 0 Å². The van der Waals surface area contributed by atoms with Crippen LogP contribution >= 0.6 is 0 Å². The van der Waals surface area contributed by atoms with Gasteiger partial charge in [0.2, 0.25) is 0 Å². The summed E-state index contributed by atoms with van der Waals surface area (Å²) in [6.45, 7) is 2.04. The number of aryl methyl sites for hydroxylation is 1. The molecule has 6 heteroatoms. The molecule has 0 fully saturated rings. The van der Waals surface area contributed by atoms with Gasteiger partial charge in [0.15, 0.2) is 6.29 Å². The number of carbonyl (C=O) groups is 1. The summed E-state index contributed by atoms with van der Waals surface area (Å²) in [5.74, 6) is -0.872. The third kappa shape index (κ3) is 3.56. The van der Waals surface area contributed by atoms with Gasteiger partial charge in [-0.05, 0) is 48.7 Å². The fraction of sp³-hybridized carbons (Fsp3) is 0.174. The number of sulfonamides is 1. The average molecular weight is 409 g/mol. The minimum atomic E-state index is -3.89. The Morgan fingerprint density at radius 3 is 2.41 bits per heavy atom. The SMILES string of the molecule is Cc1ccc(S(=O)(=O)N2CC(Cc3ccccc3)c3c(C=O)cc(F)cc32)cc1. The van der Waals surface area contributed by atoms with Gasteiger partial charge in [0.25, 0.3) is 10.0 Å². The van der Waals surface area contributed by atoms with Crippen molar-refractivity contribution in [2.24, 2.45) is 0 Å². The van der Waals surface area contributed by atoms with E-state index in [0.29, 0.717) is 18.3 Å². The van der Waals surface area contributed by atoms with Gasteiger partial charge in [-0.1, -0.05) is 48.0 Å². The first-order valence-corrected chi connectivity index (χ1v) is 10.8. The molecule has 0 saturated heterocycles. The summed E-state index contributed by atoms with van der Waals surface area (Å²) in [5, 5.41) is 0. The maximum atomic E-state index is 14.2. The molecule has 0 amide bonds. The molecule has 0 bridgehead atoms. The highest BCUT2D eigenvalue weighted by Crippen LogP contribution is 2.43. The largest absolute Gasteiger partial charge is 0.298 e. The second kappa shape index (κ2) is 7.44. The molecule has 0 spiro atoms. The molecule has 1 heterocycles. The first-order chi connectivity index (χ1) is 13.9. The molecule has 148 valence electrons. The number of anilines is 1. The Hall–Kier alpha value is -2.99. The number of rotatable bonds is 5. The normalized spacial score (nSPS) is 15.9. The van der Waals surface area contributed by atoms with E-state index in [-0.39, 0.29) is 28.6 Å². The van der Waals surface area contributed by atoms with Crippen molar-refractivity contribution in [1.29, 1.82) is 0 Å². The average Bonchev–Trinajstić information content (AvgIpc) is 3.07. The van der Waals surface area contributed by atoms with Crippen molar-refractivity contribution in [2.45, 2.75) is 24.2 Å². The van der Waals surface area contributed by atoms with Crippen molar-refractivity contribution in [3.05, 3.63) is 94.8 Å². The van der Waals surface area contributed by atoms with E-state index in [4.69, 9.17) is 0 Å². The van der Waals surface area contributed by atoms with Gasteiger partial charge in [-0.15, -0.1) is 0 Å². The molecular weight excluding hydrogens is 389 g/mol. The third-order valence-corrected chi connectivity index (χ3v) is 7.07. The predicted octanol–water partition coefficient (Wildman–Crippen LogP) is 4.48. The lowest BCUT2D eigenvalue weighted by atomic mass is 9.90. The van der Waals surface area contributed by atoms with Crippen molar-refractivity contribution in [3.63, 3.8) is 0 Å². The summed E-state index contributed by atoms with van der Waals surface area (Å²) in [6.07, 6.45) is 1.15. The molecule has 3 aromatic carbocycles. The van der Waals surface area contributed by atoms with E-state index in [1.165, 1.54) is 16.4 Å². The Morgan fingerprint density at radius 2 is 1.76 bits per heavy atom. The van der Waals surface area contributed by atoms with Gasteiger partial charge in [-0.2, -0.15) is 0 Å². The lowest BCUT2D eigenvalue weighted by Crippen LogP contribution is -2.30. The number of fused-ring (bicyclic) bond motifs is 1. The molecule has 0 radical (unpaired) electrons. The van der Waals surface area contributed by atoms with E-state index < -0.39 is 15.8 Å². The van der Waals surface area contributed by atoms with Gasteiger partial charge in [0, 0.05) is 18.0 Å². The van der Waals surface area contributed by atoms with Gasteiger partial charge in [-0.25, -0.2) is 12.8 Å². The van der Waals surface area contributed by atoms with Crippen molar-refractivity contribution in [2.75, 3.05) is 10.8 Å². The van der Waals surface area contributed by atoms with Crippen LogP contribution in [0.4, 0.5) is 10.1 Å². The molecule has 1 atom stereocenters. The summed E-state index contributed by atoms with van der Waals surface area (Å²) in [5.41, 5.74) is 3.00. The third-order valence-electron chi connectivity index (χ3n) is 5.28. The summed E-state index contributed by atoms with van der Waals surface area (Å²) in [4.78, 5) is 11.8. The minimum absolute atomic E-state index is 0.145. The van der Waals surface area contributed by atoms with Crippen LogP contribution in [0.3, 0.4) is 0 Å². The maximum Gasteiger partial charge on any atom is 0.264 e. The van der Waals surface area contributed by atoms with Crippen LogP contribution in [0.25, 0.3) is 0 Å². The number of nitrogens with zero attached hydrogens (tertiary/aromatic N) is 1. The van der Waals surface area contributed by atoms with E-state index in [0.717, 1.165) is 11.1 Å². The van der Waals surface area contributed by atoms with E-state index >= 15 is 0 Å². The van der Waals surface area contributed by atoms with Gasteiger partial charge >= 0.3 is 0 Å². The number of benzene rings is 3. The van der Waals surface area contributed by atoms with Crippen LogP contribution < -0.4 is 4.31 Å². The van der Waals surface area contributed by atoms with Crippen molar-refractivity contribution < 1.29 is 17.6 Å². The van der Waals surface area contributed by atoms with Gasteiger partial charge in [0.05, 0.1) is 10.6 Å². The quantitative estimate of drug-likeness (QED) is 0.584. The summed E-state index contributed by atoms with van der Waals surface area (Å²) in [6, 6.07) is 18.6. The predicted molar refractivity (Wildman–Crippen MR) is 110 cm³/mol. The molecule has 4 nitrogen and oxygen atoms in total. The Balaban J connectivity index is 1.82. The first kappa shape index (κ1) is 19.3. The molecular formula is C23H20FNO3S. The zero-order chi connectivity index (χ0) is 20.6. The molecule has 0 N–H and O–H groups in total. The number of hydrogen-bond acceptors (Lipinski definition) is 3. The lowest BCUT2D eigenvalue weighted by molar-refractivity contribution is 0.112. The van der Waals surface area contributed by atoms with E-state index in [1.807, 2.05) is 37.3 Å². The maximum absolute atomic E-state index is 14.2. The monoisotopic (exact) mass is 409 g/mol. The number of carbonyl (C=O) groups excluding carboxylic acids is 1. The Labute approximate surface area is 169 Å². The second-order valence-corrected chi connectivity index (χ2v) is 9.14. The van der Waals surface area contributed by atoms with E-state index in [2.05, 4.69) is 0 Å². The molecule has 1 aliphatic heterocycles. The molecule has 0 aromatic heterocycles. The molecule has 1 unspecified atom stereocenters. The zero-order valence-electron chi connectivity index (χ0n) is 15.9. The van der Waals surface area contributed by atoms with Crippen molar-refractivity contribution in [1.82, 2.24) is 0 Å². The highest BCUT2D eigenvalue weighted by molar-refractivity contribution is 7.92. The van der Waals surface area contributed by atoms with Crippen molar-refractivity contribution in [3.8, 4) is 0 Å². The number of halogens is 1. The molecule has 3 aromatic rings. The summed E-state index contributed by atoms with van der Waals surface area (Å²) in [7, 11) is -3.89. The molecule has 0 aliphatic carbocycles. The molecule has 4 rings (SSSR count). The smallest absolute Gasteiger partial charge is 0.264 e. The fourth-order valence-electron chi connectivity index (χ4n) is 3.89. The van der Waals surface area contributed by atoms with Crippen LogP contribution in [0.15, 0.2) is 71.6 Å². The molecule has 1 aliphatic rings.